The van der Waals surface area contributed by atoms with Crippen LogP contribution in [0.15, 0.2) is 35.3 Å². The van der Waals surface area contributed by atoms with Gasteiger partial charge in [0.05, 0.1) is 0 Å². The number of pyridine rings is 1. The van der Waals surface area contributed by atoms with Crippen molar-refractivity contribution in [2.45, 2.75) is 0 Å². The Balaban J connectivity index is 2.76. The lowest BCUT2D eigenvalue weighted by Crippen LogP contribution is -2.16. The van der Waals surface area contributed by atoms with Crippen molar-refractivity contribution in [1.82, 2.24) is 4.57 Å². The number of aromatic nitrogens is 1. The Morgan fingerprint density at radius 1 is 1.20 bits per heavy atom. The van der Waals surface area contributed by atoms with Crippen molar-refractivity contribution >= 4 is 16.5 Å². The fourth-order valence-electron chi connectivity index (χ4n) is 1.61. The Morgan fingerprint density at radius 2 is 1.93 bits per heavy atom. The lowest BCUT2D eigenvalue weighted by molar-refractivity contribution is 0.873. The summed E-state index contributed by atoms with van der Waals surface area (Å²) in [4.78, 5) is 13.8. The zero-order valence-electron chi connectivity index (χ0n) is 9.19. The number of nitrogens with zero attached hydrogens (tertiary/aromatic N) is 2. The molecule has 0 saturated carbocycles. The Kier molecular flexibility index (Phi) is 2.23. The Hall–Kier alpha value is -1.77. The lowest BCUT2D eigenvalue weighted by atomic mass is 10.1. The van der Waals surface area contributed by atoms with Crippen molar-refractivity contribution in [3.8, 4) is 0 Å². The molecule has 0 spiro atoms. The molecule has 0 radical (unpaired) electrons. The van der Waals surface area contributed by atoms with E-state index in [1.54, 1.807) is 17.8 Å². The zero-order chi connectivity index (χ0) is 11.0. The average Bonchev–Trinajstić information content (AvgIpc) is 2.23. The molecule has 0 saturated heterocycles. The fraction of sp³-hybridized carbons (Fsp3) is 0.250. The summed E-state index contributed by atoms with van der Waals surface area (Å²) in [5.41, 5.74) is 1.16. The van der Waals surface area contributed by atoms with Crippen LogP contribution in [0.1, 0.15) is 0 Å². The van der Waals surface area contributed by atoms with E-state index in [9.17, 15) is 4.79 Å². The van der Waals surface area contributed by atoms with Gasteiger partial charge in [0, 0.05) is 38.4 Å². The van der Waals surface area contributed by atoms with Crippen LogP contribution < -0.4 is 10.5 Å². The van der Waals surface area contributed by atoms with E-state index in [0.717, 1.165) is 16.5 Å². The number of hydrogen-bond donors (Lipinski definition) is 0. The van der Waals surface area contributed by atoms with Crippen LogP contribution in [0, 0.1) is 0 Å². The SMILES string of the molecule is CN(C)c1ccc2c(=O)n(C)ccc2c1. The first-order valence-electron chi connectivity index (χ1n) is 4.86. The molecule has 3 nitrogen and oxygen atoms in total. The van der Waals surface area contributed by atoms with Crippen molar-refractivity contribution in [3.05, 3.63) is 40.8 Å². The first kappa shape index (κ1) is 9.77. The van der Waals surface area contributed by atoms with Gasteiger partial charge in [-0.3, -0.25) is 4.79 Å². The van der Waals surface area contributed by atoms with E-state index in [1.165, 1.54) is 0 Å². The minimum atomic E-state index is 0.0535. The van der Waals surface area contributed by atoms with Crippen LogP contribution in [0.4, 0.5) is 5.69 Å². The molecular weight excluding hydrogens is 188 g/mol. The number of anilines is 1. The van der Waals surface area contributed by atoms with Gasteiger partial charge >= 0.3 is 0 Å². The average molecular weight is 202 g/mol. The number of rotatable bonds is 1. The lowest BCUT2D eigenvalue weighted by Gasteiger charge is -2.12. The minimum absolute atomic E-state index is 0.0535. The molecule has 0 aliphatic heterocycles. The van der Waals surface area contributed by atoms with Crippen LogP contribution in [0.25, 0.3) is 10.8 Å². The van der Waals surface area contributed by atoms with Gasteiger partial charge in [0.1, 0.15) is 0 Å². The Morgan fingerprint density at radius 3 is 2.60 bits per heavy atom. The second kappa shape index (κ2) is 3.42. The third-order valence-corrected chi connectivity index (χ3v) is 2.58. The van der Waals surface area contributed by atoms with Gasteiger partial charge in [0.15, 0.2) is 0 Å². The Bertz CT molecular complexity index is 555. The van der Waals surface area contributed by atoms with Crippen LogP contribution in [0.5, 0.6) is 0 Å². The molecule has 1 aromatic carbocycles. The van der Waals surface area contributed by atoms with Crippen molar-refractivity contribution in [2.24, 2.45) is 7.05 Å². The normalized spacial score (nSPS) is 10.6. The molecule has 3 heteroatoms. The summed E-state index contributed by atoms with van der Waals surface area (Å²) in [6, 6.07) is 7.83. The predicted octanol–water partition coefficient (Wildman–Crippen LogP) is 1.60. The smallest absolute Gasteiger partial charge is 0.258 e. The highest BCUT2D eigenvalue weighted by Crippen LogP contribution is 2.17. The van der Waals surface area contributed by atoms with Gasteiger partial charge in [-0.15, -0.1) is 0 Å². The highest BCUT2D eigenvalue weighted by Gasteiger charge is 2.02. The van der Waals surface area contributed by atoms with Crippen LogP contribution in [0.2, 0.25) is 0 Å². The highest BCUT2D eigenvalue weighted by atomic mass is 16.1. The second-order valence-electron chi connectivity index (χ2n) is 3.90. The maximum Gasteiger partial charge on any atom is 0.258 e. The molecular formula is C12H14N2O. The summed E-state index contributed by atoms with van der Waals surface area (Å²) in [5.74, 6) is 0. The summed E-state index contributed by atoms with van der Waals surface area (Å²) < 4.78 is 1.59. The molecule has 0 N–H and O–H groups in total. The van der Waals surface area contributed by atoms with Crippen LogP contribution >= 0.6 is 0 Å². The molecule has 0 amide bonds. The van der Waals surface area contributed by atoms with Gasteiger partial charge in [0.25, 0.3) is 5.56 Å². The van der Waals surface area contributed by atoms with Crippen molar-refractivity contribution in [1.29, 1.82) is 0 Å². The van der Waals surface area contributed by atoms with E-state index in [2.05, 4.69) is 0 Å². The number of aryl methyl sites for hydroxylation is 1. The van der Waals surface area contributed by atoms with Gasteiger partial charge < -0.3 is 9.47 Å². The summed E-state index contributed by atoms with van der Waals surface area (Å²) in [6.07, 6.45) is 1.80. The summed E-state index contributed by atoms with van der Waals surface area (Å²) in [5, 5.41) is 1.76. The maximum absolute atomic E-state index is 11.8. The van der Waals surface area contributed by atoms with E-state index in [0.29, 0.717) is 0 Å². The molecule has 2 rings (SSSR count). The molecule has 1 heterocycles. The second-order valence-corrected chi connectivity index (χ2v) is 3.90. The minimum Gasteiger partial charge on any atom is -0.378 e. The van der Waals surface area contributed by atoms with Crippen molar-refractivity contribution in [3.63, 3.8) is 0 Å². The largest absolute Gasteiger partial charge is 0.378 e. The van der Waals surface area contributed by atoms with E-state index in [1.807, 2.05) is 43.3 Å². The number of fused-ring (bicyclic) bond motifs is 1. The van der Waals surface area contributed by atoms with E-state index in [4.69, 9.17) is 0 Å². The maximum atomic E-state index is 11.8. The number of benzene rings is 1. The fourth-order valence-corrected chi connectivity index (χ4v) is 1.61. The van der Waals surface area contributed by atoms with Gasteiger partial charge in [-0.1, -0.05) is 0 Å². The zero-order valence-corrected chi connectivity index (χ0v) is 9.19. The third kappa shape index (κ3) is 1.61. The molecule has 15 heavy (non-hydrogen) atoms. The molecule has 0 bridgehead atoms. The topological polar surface area (TPSA) is 25.2 Å². The van der Waals surface area contributed by atoms with Crippen molar-refractivity contribution in [2.75, 3.05) is 19.0 Å². The number of hydrogen-bond acceptors (Lipinski definition) is 2. The molecule has 0 aliphatic carbocycles. The van der Waals surface area contributed by atoms with Crippen LogP contribution in [-0.4, -0.2) is 18.7 Å². The van der Waals surface area contributed by atoms with Crippen molar-refractivity contribution < 1.29 is 0 Å². The standard InChI is InChI=1S/C12H14N2O/c1-13(2)10-4-5-11-9(8-10)6-7-14(3)12(11)15/h4-8H,1-3H3. The van der Waals surface area contributed by atoms with Crippen LogP contribution in [0.3, 0.4) is 0 Å². The molecule has 0 atom stereocenters. The van der Waals surface area contributed by atoms with Crippen LogP contribution in [-0.2, 0) is 7.05 Å². The molecule has 2 aromatic rings. The first-order chi connectivity index (χ1) is 7.09. The molecule has 1 aromatic heterocycles. The predicted molar refractivity (Wildman–Crippen MR) is 63.5 cm³/mol. The molecule has 0 fully saturated rings. The summed E-state index contributed by atoms with van der Waals surface area (Å²) in [6.45, 7) is 0. The summed E-state index contributed by atoms with van der Waals surface area (Å²) >= 11 is 0. The quantitative estimate of drug-likeness (QED) is 0.702. The van der Waals surface area contributed by atoms with Gasteiger partial charge in [-0.05, 0) is 29.7 Å². The monoisotopic (exact) mass is 202 g/mol. The van der Waals surface area contributed by atoms with Gasteiger partial charge in [-0.25, -0.2) is 0 Å². The summed E-state index contributed by atoms with van der Waals surface area (Å²) in [7, 11) is 5.74. The Labute approximate surface area is 88.6 Å². The van der Waals surface area contributed by atoms with Gasteiger partial charge in [-0.2, -0.15) is 0 Å². The van der Waals surface area contributed by atoms with E-state index in [-0.39, 0.29) is 5.56 Å². The highest BCUT2D eigenvalue weighted by molar-refractivity contribution is 5.84. The molecule has 0 aliphatic rings. The third-order valence-electron chi connectivity index (χ3n) is 2.58. The van der Waals surface area contributed by atoms with E-state index >= 15 is 0 Å². The molecule has 0 unspecified atom stereocenters. The van der Waals surface area contributed by atoms with Gasteiger partial charge in [0.2, 0.25) is 0 Å². The first-order valence-corrected chi connectivity index (χ1v) is 4.86. The molecule has 78 valence electrons. The van der Waals surface area contributed by atoms with E-state index < -0.39 is 0 Å².